The Kier molecular flexibility index (Phi) is 4.08. The average molecular weight is 274 g/mol. The molecule has 1 aromatic carbocycles. The van der Waals surface area contributed by atoms with Gasteiger partial charge < -0.3 is 15.0 Å². The van der Waals surface area contributed by atoms with Crippen LogP contribution < -0.4 is 5.32 Å². The van der Waals surface area contributed by atoms with Crippen molar-refractivity contribution in [1.29, 1.82) is 0 Å². The number of esters is 1. The summed E-state index contributed by atoms with van der Waals surface area (Å²) in [6, 6.07) is 6.87. The number of hydrogen-bond donors (Lipinski definition) is 2. The van der Waals surface area contributed by atoms with E-state index in [9.17, 15) is 9.59 Å². The van der Waals surface area contributed by atoms with Crippen molar-refractivity contribution in [3.05, 3.63) is 36.0 Å². The number of aromatic amines is 1. The van der Waals surface area contributed by atoms with Crippen LogP contribution in [-0.4, -0.2) is 30.0 Å². The molecule has 0 radical (unpaired) electrons. The van der Waals surface area contributed by atoms with E-state index in [-0.39, 0.29) is 11.8 Å². The minimum atomic E-state index is -0.652. The molecule has 1 heterocycles. The van der Waals surface area contributed by atoms with Crippen LogP contribution in [0.3, 0.4) is 0 Å². The number of carbonyl (C=O) groups excluding carboxylic acids is 2. The number of amides is 1. The highest BCUT2D eigenvalue weighted by Crippen LogP contribution is 2.18. The predicted molar refractivity (Wildman–Crippen MR) is 76.4 cm³/mol. The highest BCUT2D eigenvalue weighted by atomic mass is 16.5. The SMILES string of the molecule is COC(=O)C(NC(=O)c1c[nH]c2ccccc12)C(C)C. The Morgan fingerprint density at radius 3 is 2.60 bits per heavy atom. The van der Waals surface area contributed by atoms with E-state index in [0.717, 1.165) is 10.9 Å². The number of fused-ring (bicyclic) bond motifs is 1. The lowest BCUT2D eigenvalue weighted by Gasteiger charge is -2.19. The molecule has 1 unspecified atom stereocenters. The zero-order valence-corrected chi connectivity index (χ0v) is 11.8. The summed E-state index contributed by atoms with van der Waals surface area (Å²) in [5, 5.41) is 3.56. The molecule has 1 atom stereocenters. The van der Waals surface area contributed by atoms with Crippen molar-refractivity contribution in [2.45, 2.75) is 19.9 Å². The van der Waals surface area contributed by atoms with Gasteiger partial charge in [-0.1, -0.05) is 32.0 Å². The van der Waals surface area contributed by atoms with Crippen molar-refractivity contribution in [3.63, 3.8) is 0 Å². The number of nitrogens with one attached hydrogen (secondary N) is 2. The zero-order chi connectivity index (χ0) is 14.7. The van der Waals surface area contributed by atoms with Crippen LogP contribution in [0.1, 0.15) is 24.2 Å². The van der Waals surface area contributed by atoms with Crippen molar-refractivity contribution in [3.8, 4) is 0 Å². The second-order valence-corrected chi connectivity index (χ2v) is 4.97. The van der Waals surface area contributed by atoms with Gasteiger partial charge in [-0.25, -0.2) is 4.79 Å². The van der Waals surface area contributed by atoms with E-state index < -0.39 is 12.0 Å². The number of aromatic nitrogens is 1. The molecule has 5 heteroatoms. The Morgan fingerprint density at radius 2 is 1.95 bits per heavy atom. The second kappa shape index (κ2) is 5.77. The smallest absolute Gasteiger partial charge is 0.328 e. The molecule has 106 valence electrons. The predicted octanol–water partition coefficient (Wildman–Crippen LogP) is 2.10. The van der Waals surface area contributed by atoms with Crippen molar-refractivity contribution in [2.24, 2.45) is 5.92 Å². The third kappa shape index (κ3) is 2.66. The number of rotatable bonds is 4. The topological polar surface area (TPSA) is 71.2 Å². The molecule has 0 spiro atoms. The third-order valence-electron chi connectivity index (χ3n) is 3.24. The third-order valence-corrected chi connectivity index (χ3v) is 3.24. The molecule has 0 saturated heterocycles. The number of carbonyl (C=O) groups is 2. The molecule has 5 nitrogen and oxygen atoms in total. The fourth-order valence-electron chi connectivity index (χ4n) is 2.10. The van der Waals surface area contributed by atoms with Gasteiger partial charge in [0.1, 0.15) is 6.04 Å². The first-order valence-corrected chi connectivity index (χ1v) is 6.49. The van der Waals surface area contributed by atoms with Crippen LogP contribution >= 0.6 is 0 Å². The highest BCUT2D eigenvalue weighted by molar-refractivity contribution is 6.07. The Hall–Kier alpha value is -2.30. The highest BCUT2D eigenvalue weighted by Gasteiger charge is 2.26. The maximum Gasteiger partial charge on any atom is 0.328 e. The summed E-state index contributed by atoms with van der Waals surface area (Å²) in [5.41, 5.74) is 1.41. The molecule has 2 rings (SSSR count). The van der Waals surface area contributed by atoms with Gasteiger partial charge in [0, 0.05) is 17.1 Å². The van der Waals surface area contributed by atoms with E-state index in [2.05, 4.69) is 10.3 Å². The molecule has 0 aliphatic carbocycles. The van der Waals surface area contributed by atoms with E-state index in [1.807, 2.05) is 38.1 Å². The summed E-state index contributed by atoms with van der Waals surface area (Å²) in [4.78, 5) is 27.0. The summed E-state index contributed by atoms with van der Waals surface area (Å²) < 4.78 is 4.72. The van der Waals surface area contributed by atoms with Crippen molar-refractivity contribution in [2.75, 3.05) is 7.11 Å². The summed E-state index contributed by atoms with van der Waals surface area (Å²) in [7, 11) is 1.32. The van der Waals surface area contributed by atoms with E-state index in [4.69, 9.17) is 4.74 Å². The van der Waals surface area contributed by atoms with Gasteiger partial charge in [-0.2, -0.15) is 0 Å². The Balaban J connectivity index is 2.25. The number of para-hydroxylation sites is 1. The Labute approximate surface area is 117 Å². The quantitative estimate of drug-likeness (QED) is 0.839. The van der Waals surface area contributed by atoms with Crippen LogP contribution in [0, 0.1) is 5.92 Å². The molecule has 2 aromatic rings. The monoisotopic (exact) mass is 274 g/mol. The molecule has 0 bridgehead atoms. The summed E-state index contributed by atoms with van der Waals surface area (Å²) in [6.07, 6.45) is 1.65. The van der Waals surface area contributed by atoms with Crippen molar-refractivity contribution >= 4 is 22.8 Å². The Bertz CT molecular complexity index is 631. The molecule has 0 aliphatic rings. The van der Waals surface area contributed by atoms with E-state index in [1.54, 1.807) is 6.20 Å². The molecule has 0 aliphatic heterocycles. The maximum absolute atomic E-state index is 12.3. The van der Waals surface area contributed by atoms with Crippen LogP contribution in [0.2, 0.25) is 0 Å². The molecule has 20 heavy (non-hydrogen) atoms. The standard InChI is InChI=1S/C15H18N2O3/c1-9(2)13(15(19)20-3)17-14(18)11-8-16-12-7-5-4-6-10(11)12/h4-9,13,16H,1-3H3,(H,17,18). The molecular weight excluding hydrogens is 256 g/mol. The Morgan fingerprint density at radius 1 is 1.25 bits per heavy atom. The van der Waals surface area contributed by atoms with E-state index in [0.29, 0.717) is 5.56 Å². The maximum atomic E-state index is 12.3. The summed E-state index contributed by atoms with van der Waals surface area (Å²) in [5.74, 6) is -0.767. The summed E-state index contributed by atoms with van der Waals surface area (Å²) in [6.45, 7) is 3.72. The van der Waals surface area contributed by atoms with Crippen LogP contribution in [0.5, 0.6) is 0 Å². The first kappa shape index (κ1) is 14.1. The number of ether oxygens (including phenoxy) is 1. The van der Waals surface area contributed by atoms with Gasteiger partial charge >= 0.3 is 5.97 Å². The first-order chi connectivity index (χ1) is 9.54. The summed E-state index contributed by atoms with van der Waals surface area (Å²) >= 11 is 0. The molecule has 1 amide bonds. The minimum absolute atomic E-state index is 0.0448. The fraction of sp³-hybridized carbons (Fsp3) is 0.333. The van der Waals surface area contributed by atoms with Gasteiger partial charge in [-0.05, 0) is 12.0 Å². The fourth-order valence-corrected chi connectivity index (χ4v) is 2.10. The van der Waals surface area contributed by atoms with Gasteiger partial charge in [-0.15, -0.1) is 0 Å². The van der Waals surface area contributed by atoms with Gasteiger partial charge in [0.2, 0.25) is 0 Å². The molecule has 2 N–H and O–H groups in total. The van der Waals surface area contributed by atoms with Crippen LogP contribution in [0.4, 0.5) is 0 Å². The zero-order valence-electron chi connectivity index (χ0n) is 11.8. The largest absolute Gasteiger partial charge is 0.467 e. The number of methoxy groups -OCH3 is 1. The second-order valence-electron chi connectivity index (χ2n) is 4.97. The van der Waals surface area contributed by atoms with Gasteiger partial charge in [0.05, 0.1) is 12.7 Å². The molecule has 1 aromatic heterocycles. The lowest BCUT2D eigenvalue weighted by Crippen LogP contribution is -2.44. The number of H-pyrrole nitrogens is 1. The van der Waals surface area contributed by atoms with Crippen LogP contribution in [0.25, 0.3) is 10.9 Å². The van der Waals surface area contributed by atoms with Crippen LogP contribution in [0.15, 0.2) is 30.5 Å². The molecule has 0 saturated carbocycles. The lowest BCUT2D eigenvalue weighted by atomic mass is 10.0. The molecule has 0 fully saturated rings. The number of hydrogen-bond acceptors (Lipinski definition) is 3. The minimum Gasteiger partial charge on any atom is -0.467 e. The first-order valence-electron chi connectivity index (χ1n) is 6.49. The molecular formula is C15H18N2O3. The van der Waals surface area contributed by atoms with Crippen molar-refractivity contribution in [1.82, 2.24) is 10.3 Å². The van der Waals surface area contributed by atoms with Crippen LogP contribution in [-0.2, 0) is 9.53 Å². The van der Waals surface area contributed by atoms with E-state index >= 15 is 0 Å². The average Bonchev–Trinajstić information content (AvgIpc) is 2.87. The number of benzene rings is 1. The van der Waals surface area contributed by atoms with Crippen molar-refractivity contribution < 1.29 is 14.3 Å². The van der Waals surface area contributed by atoms with Gasteiger partial charge in [0.15, 0.2) is 0 Å². The van der Waals surface area contributed by atoms with E-state index in [1.165, 1.54) is 7.11 Å². The van der Waals surface area contributed by atoms with Gasteiger partial charge in [0.25, 0.3) is 5.91 Å². The normalized spacial score (nSPS) is 12.4. The lowest BCUT2D eigenvalue weighted by molar-refractivity contribution is -0.144. The van der Waals surface area contributed by atoms with Gasteiger partial charge in [-0.3, -0.25) is 4.79 Å².